The Kier molecular flexibility index (Phi) is 8.58. The zero-order chi connectivity index (χ0) is 15.7. The summed E-state index contributed by atoms with van der Waals surface area (Å²) in [6.45, 7) is 13.8. The van der Waals surface area contributed by atoms with Crippen molar-refractivity contribution in [3.8, 4) is 0 Å². The molecule has 0 aromatic heterocycles. The van der Waals surface area contributed by atoms with E-state index in [-0.39, 0.29) is 6.04 Å². The molecule has 120 valence electrons. The van der Waals surface area contributed by atoms with E-state index < -0.39 is 0 Å². The highest BCUT2D eigenvalue weighted by atomic mass is 15.1. The Morgan fingerprint density at radius 2 is 1.71 bits per heavy atom. The molecule has 0 aliphatic carbocycles. The fourth-order valence-corrected chi connectivity index (χ4v) is 2.63. The number of nitrogens with zero attached hydrogens (tertiary/aromatic N) is 1. The van der Waals surface area contributed by atoms with Crippen molar-refractivity contribution in [2.45, 2.75) is 40.2 Å². The van der Waals surface area contributed by atoms with E-state index in [4.69, 9.17) is 5.73 Å². The van der Waals surface area contributed by atoms with Crippen LogP contribution in [-0.4, -0.2) is 37.6 Å². The second-order valence-corrected chi connectivity index (χ2v) is 6.11. The van der Waals surface area contributed by atoms with Crippen molar-refractivity contribution in [1.29, 1.82) is 0 Å². The molecule has 3 heteroatoms. The first kappa shape index (κ1) is 18.1. The van der Waals surface area contributed by atoms with Crippen molar-refractivity contribution in [2.75, 3.05) is 32.7 Å². The van der Waals surface area contributed by atoms with Crippen LogP contribution >= 0.6 is 0 Å². The van der Waals surface area contributed by atoms with Crippen LogP contribution in [0.25, 0.3) is 0 Å². The standard InChI is InChI=1S/C18H33N3/c1-5-21(6-2)12-11-20-18(14-19)17-9-7-16(8-10-17)13-15(3)4/h7-10,15,18,20H,5-6,11-14,19H2,1-4H3. The molecule has 0 bridgehead atoms. The van der Waals surface area contributed by atoms with Gasteiger partial charge < -0.3 is 16.0 Å². The van der Waals surface area contributed by atoms with E-state index in [2.05, 4.69) is 62.2 Å². The molecule has 0 saturated heterocycles. The molecule has 1 aromatic rings. The molecular formula is C18H33N3. The topological polar surface area (TPSA) is 41.3 Å². The Morgan fingerprint density at radius 1 is 1.10 bits per heavy atom. The van der Waals surface area contributed by atoms with Crippen LogP contribution in [0.3, 0.4) is 0 Å². The largest absolute Gasteiger partial charge is 0.329 e. The highest BCUT2D eigenvalue weighted by molar-refractivity contribution is 5.25. The van der Waals surface area contributed by atoms with Crippen molar-refractivity contribution < 1.29 is 0 Å². The van der Waals surface area contributed by atoms with E-state index in [1.807, 2.05) is 0 Å². The number of nitrogens with one attached hydrogen (secondary N) is 1. The van der Waals surface area contributed by atoms with Gasteiger partial charge in [0.05, 0.1) is 0 Å². The quantitative estimate of drug-likeness (QED) is 0.696. The Hall–Kier alpha value is -0.900. The minimum absolute atomic E-state index is 0.258. The van der Waals surface area contributed by atoms with Crippen molar-refractivity contribution in [2.24, 2.45) is 11.7 Å². The number of likely N-dealkylation sites (N-methyl/N-ethyl adjacent to an activating group) is 1. The summed E-state index contributed by atoms with van der Waals surface area (Å²) < 4.78 is 0. The van der Waals surface area contributed by atoms with Crippen LogP contribution in [0.2, 0.25) is 0 Å². The molecular weight excluding hydrogens is 258 g/mol. The van der Waals surface area contributed by atoms with Gasteiger partial charge in [-0.05, 0) is 36.6 Å². The van der Waals surface area contributed by atoms with Gasteiger partial charge in [0.15, 0.2) is 0 Å². The van der Waals surface area contributed by atoms with E-state index in [1.54, 1.807) is 0 Å². The van der Waals surface area contributed by atoms with Gasteiger partial charge in [-0.15, -0.1) is 0 Å². The molecule has 1 aromatic carbocycles. The van der Waals surface area contributed by atoms with Gasteiger partial charge in [-0.2, -0.15) is 0 Å². The van der Waals surface area contributed by atoms with E-state index in [0.717, 1.165) is 32.6 Å². The van der Waals surface area contributed by atoms with Gasteiger partial charge in [0.25, 0.3) is 0 Å². The third kappa shape index (κ3) is 6.60. The molecule has 1 atom stereocenters. The Morgan fingerprint density at radius 3 is 2.19 bits per heavy atom. The van der Waals surface area contributed by atoms with Crippen LogP contribution < -0.4 is 11.1 Å². The second kappa shape index (κ2) is 9.93. The number of nitrogens with two attached hydrogens (primary N) is 1. The van der Waals surface area contributed by atoms with E-state index in [0.29, 0.717) is 12.5 Å². The zero-order valence-electron chi connectivity index (χ0n) is 14.2. The molecule has 0 aliphatic rings. The molecule has 0 spiro atoms. The summed E-state index contributed by atoms with van der Waals surface area (Å²) in [4.78, 5) is 2.42. The van der Waals surface area contributed by atoms with Crippen LogP contribution in [0.4, 0.5) is 0 Å². The maximum absolute atomic E-state index is 5.93. The number of benzene rings is 1. The summed E-state index contributed by atoms with van der Waals surface area (Å²) in [5.41, 5.74) is 8.64. The Bertz CT molecular complexity index is 369. The highest BCUT2D eigenvalue weighted by Gasteiger charge is 2.09. The second-order valence-electron chi connectivity index (χ2n) is 6.11. The van der Waals surface area contributed by atoms with Crippen molar-refractivity contribution in [1.82, 2.24) is 10.2 Å². The lowest BCUT2D eigenvalue weighted by atomic mass is 9.99. The monoisotopic (exact) mass is 291 g/mol. The molecule has 1 unspecified atom stereocenters. The first-order valence-corrected chi connectivity index (χ1v) is 8.35. The summed E-state index contributed by atoms with van der Waals surface area (Å²) in [7, 11) is 0. The van der Waals surface area contributed by atoms with Crippen molar-refractivity contribution >= 4 is 0 Å². The van der Waals surface area contributed by atoms with Gasteiger partial charge in [-0.1, -0.05) is 52.0 Å². The highest BCUT2D eigenvalue weighted by Crippen LogP contribution is 2.15. The molecule has 3 N–H and O–H groups in total. The van der Waals surface area contributed by atoms with Gasteiger partial charge in [-0.3, -0.25) is 0 Å². The van der Waals surface area contributed by atoms with Crippen LogP contribution in [-0.2, 0) is 6.42 Å². The fourth-order valence-electron chi connectivity index (χ4n) is 2.63. The smallest absolute Gasteiger partial charge is 0.0444 e. The summed E-state index contributed by atoms with van der Waals surface area (Å²) in [6, 6.07) is 9.18. The molecule has 0 fully saturated rings. The first-order chi connectivity index (χ1) is 10.1. The summed E-state index contributed by atoms with van der Waals surface area (Å²) >= 11 is 0. The molecule has 1 rings (SSSR count). The maximum Gasteiger partial charge on any atom is 0.0444 e. The molecule has 0 heterocycles. The third-order valence-electron chi connectivity index (χ3n) is 3.97. The molecule has 0 radical (unpaired) electrons. The first-order valence-electron chi connectivity index (χ1n) is 8.35. The Labute approximate surface area is 130 Å². The van der Waals surface area contributed by atoms with E-state index in [1.165, 1.54) is 11.1 Å². The summed E-state index contributed by atoms with van der Waals surface area (Å²) in [6.07, 6.45) is 1.14. The van der Waals surface area contributed by atoms with E-state index in [9.17, 15) is 0 Å². The molecule has 0 saturated carbocycles. The van der Waals surface area contributed by atoms with Gasteiger partial charge >= 0.3 is 0 Å². The fraction of sp³-hybridized carbons (Fsp3) is 0.667. The van der Waals surface area contributed by atoms with Crippen LogP contribution in [0.5, 0.6) is 0 Å². The number of rotatable bonds is 10. The zero-order valence-corrected chi connectivity index (χ0v) is 14.2. The Balaban J connectivity index is 2.51. The lowest BCUT2D eigenvalue weighted by molar-refractivity contribution is 0.297. The molecule has 3 nitrogen and oxygen atoms in total. The van der Waals surface area contributed by atoms with Crippen molar-refractivity contribution in [3.05, 3.63) is 35.4 Å². The summed E-state index contributed by atoms with van der Waals surface area (Å²) in [5.74, 6) is 0.702. The van der Waals surface area contributed by atoms with Crippen LogP contribution in [0.15, 0.2) is 24.3 Å². The minimum Gasteiger partial charge on any atom is -0.329 e. The predicted octanol–water partition coefficient (Wildman–Crippen LogP) is 2.82. The van der Waals surface area contributed by atoms with Crippen LogP contribution in [0, 0.1) is 5.92 Å². The molecule has 21 heavy (non-hydrogen) atoms. The predicted molar refractivity (Wildman–Crippen MR) is 92.6 cm³/mol. The minimum atomic E-state index is 0.258. The van der Waals surface area contributed by atoms with Gasteiger partial charge in [0.1, 0.15) is 0 Å². The van der Waals surface area contributed by atoms with Crippen molar-refractivity contribution in [3.63, 3.8) is 0 Å². The molecule has 0 aliphatic heterocycles. The lowest BCUT2D eigenvalue weighted by Crippen LogP contribution is -2.36. The maximum atomic E-state index is 5.93. The van der Waals surface area contributed by atoms with Gasteiger partial charge in [0.2, 0.25) is 0 Å². The average Bonchev–Trinajstić information content (AvgIpc) is 2.48. The summed E-state index contributed by atoms with van der Waals surface area (Å²) in [5, 5.41) is 3.58. The number of hydrogen-bond donors (Lipinski definition) is 2. The SMILES string of the molecule is CCN(CC)CCNC(CN)c1ccc(CC(C)C)cc1. The van der Waals surface area contributed by atoms with Crippen LogP contribution in [0.1, 0.15) is 44.9 Å². The number of hydrogen-bond acceptors (Lipinski definition) is 3. The lowest BCUT2D eigenvalue weighted by Gasteiger charge is -2.22. The normalized spacial score (nSPS) is 13.1. The third-order valence-corrected chi connectivity index (χ3v) is 3.97. The van der Waals surface area contributed by atoms with Gasteiger partial charge in [-0.25, -0.2) is 0 Å². The van der Waals surface area contributed by atoms with Gasteiger partial charge in [0, 0.05) is 25.7 Å². The average molecular weight is 291 g/mol. The van der Waals surface area contributed by atoms with E-state index >= 15 is 0 Å². The molecule has 0 amide bonds.